The summed E-state index contributed by atoms with van der Waals surface area (Å²) in [5.74, 6) is 1.38. The van der Waals surface area contributed by atoms with Crippen molar-refractivity contribution in [2.24, 2.45) is 5.41 Å². The zero-order valence-electron chi connectivity index (χ0n) is 21.6. The molecule has 3 aliphatic rings. The molecule has 210 valence electrons. The zero-order valence-corrected chi connectivity index (χ0v) is 21.6. The number of piperazine rings is 1. The number of amides is 1. The average Bonchev–Trinajstić information content (AvgIpc) is 3.69. The molecule has 3 fully saturated rings. The van der Waals surface area contributed by atoms with Crippen molar-refractivity contribution >= 4 is 23.6 Å². The van der Waals surface area contributed by atoms with Crippen molar-refractivity contribution in [3.63, 3.8) is 0 Å². The number of carbonyl (C=O) groups is 1. The lowest BCUT2D eigenvalue weighted by molar-refractivity contribution is -0.240. The summed E-state index contributed by atoms with van der Waals surface area (Å²) in [6.45, 7) is 2.26. The molecule has 1 atom stereocenters. The lowest BCUT2D eigenvalue weighted by atomic mass is 9.73. The fourth-order valence-corrected chi connectivity index (χ4v) is 6.22. The van der Waals surface area contributed by atoms with E-state index in [1.807, 2.05) is 9.80 Å². The topological polar surface area (TPSA) is 122 Å². The molecule has 0 unspecified atom stereocenters. The van der Waals surface area contributed by atoms with Gasteiger partial charge in [-0.15, -0.1) is 5.10 Å². The van der Waals surface area contributed by atoms with Crippen LogP contribution in [-0.2, 0) is 4.79 Å². The molecule has 3 aromatic rings. The van der Waals surface area contributed by atoms with E-state index in [-0.39, 0.29) is 37.0 Å². The summed E-state index contributed by atoms with van der Waals surface area (Å²) >= 11 is 0. The molecule has 0 spiro atoms. The van der Waals surface area contributed by atoms with Crippen molar-refractivity contribution in [2.75, 3.05) is 49.9 Å². The van der Waals surface area contributed by atoms with Crippen molar-refractivity contribution in [3.8, 4) is 11.6 Å². The van der Waals surface area contributed by atoms with Crippen LogP contribution in [0.5, 0.6) is 0 Å². The standard InChI is InChI=1S/C25H32F3N9O2/c26-25(27,28)24(8-2-1-3-9-24)16-34-11-13-35(14-12-34)20(38)17-6-4-10-36(17)22-31-21(29)37-23(32-22)30-19(33-37)18-7-5-15-39-18/h5,7,15,17H,1-4,6,8-14,16H2,(H2,29,30,31,32,33)/t17-/m0/s1. The zero-order chi connectivity index (χ0) is 27.2. The Balaban J connectivity index is 1.13. The average molecular weight is 548 g/mol. The number of fused-ring (bicyclic) bond motifs is 1. The first-order valence-corrected chi connectivity index (χ1v) is 13.5. The molecule has 1 amide bonds. The lowest BCUT2D eigenvalue weighted by Gasteiger charge is -2.45. The number of anilines is 2. The van der Waals surface area contributed by atoms with E-state index in [4.69, 9.17) is 10.2 Å². The number of halogens is 3. The molecule has 14 heteroatoms. The van der Waals surface area contributed by atoms with Crippen LogP contribution in [-0.4, -0.2) is 91.8 Å². The highest BCUT2D eigenvalue weighted by atomic mass is 19.4. The summed E-state index contributed by atoms with van der Waals surface area (Å²) in [6, 6.07) is 2.99. The predicted octanol–water partition coefficient (Wildman–Crippen LogP) is 2.99. The van der Waals surface area contributed by atoms with Crippen LogP contribution in [0.4, 0.5) is 25.1 Å². The predicted molar refractivity (Wildman–Crippen MR) is 136 cm³/mol. The number of carbonyl (C=O) groups excluding carboxylic acids is 1. The Labute approximate surface area is 223 Å². The van der Waals surface area contributed by atoms with Crippen LogP contribution in [0, 0.1) is 5.41 Å². The summed E-state index contributed by atoms with van der Waals surface area (Å²) in [6.07, 6.45) is 1.20. The van der Waals surface area contributed by atoms with Gasteiger partial charge in [0.25, 0.3) is 5.78 Å². The number of nitrogens with two attached hydrogens (primary N) is 1. The SMILES string of the molecule is Nc1nc(N2CCC[C@H]2C(=O)N2CCN(CC3(C(F)(F)F)CCCCC3)CC2)nc2nc(-c3ccco3)nn12. The number of alkyl halides is 3. The molecule has 1 saturated carbocycles. The second kappa shape index (κ2) is 9.96. The van der Waals surface area contributed by atoms with E-state index in [1.54, 1.807) is 17.0 Å². The van der Waals surface area contributed by atoms with Crippen molar-refractivity contribution in [1.29, 1.82) is 0 Å². The molecule has 2 saturated heterocycles. The van der Waals surface area contributed by atoms with Crippen molar-refractivity contribution in [2.45, 2.75) is 57.2 Å². The van der Waals surface area contributed by atoms with Gasteiger partial charge in [0.05, 0.1) is 11.7 Å². The van der Waals surface area contributed by atoms with Crippen LogP contribution in [0.2, 0.25) is 0 Å². The minimum absolute atomic E-state index is 0.0135. The number of nitrogen functional groups attached to an aromatic ring is 1. The molecule has 0 aromatic carbocycles. The van der Waals surface area contributed by atoms with Gasteiger partial charge in [-0.2, -0.15) is 32.6 Å². The highest BCUT2D eigenvalue weighted by molar-refractivity contribution is 5.85. The first-order valence-electron chi connectivity index (χ1n) is 13.5. The molecule has 0 bridgehead atoms. The molecule has 5 heterocycles. The van der Waals surface area contributed by atoms with Gasteiger partial charge in [-0.1, -0.05) is 19.3 Å². The quantitative estimate of drug-likeness (QED) is 0.514. The van der Waals surface area contributed by atoms with E-state index < -0.39 is 17.6 Å². The smallest absolute Gasteiger partial charge is 0.395 e. The van der Waals surface area contributed by atoms with E-state index in [0.29, 0.717) is 69.5 Å². The number of hydrogen-bond acceptors (Lipinski definition) is 9. The normalized spacial score (nSPS) is 22.6. The molecular formula is C25H32F3N9O2. The monoisotopic (exact) mass is 547 g/mol. The van der Waals surface area contributed by atoms with Crippen LogP contribution in [0.25, 0.3) is 17.4 Å². The van der Waals surface area contributed by atoms with Gasteiger partial charge in [0, 0.05) is 39.3 Å². The lowest BCUT2D eigenvalue weighted by Crippen LogP contribution is -2.57. The number of furan rings is 1. The second-order valence-corrected chi connectivity index (χ2v) is 10.8. The van der Waals surface area contributed by atoms with E-state index in [2.05, 4.69) is 20.1 Å². The molecule has 11 nitrogen and oxygen atoms in total. The van der Waals surface area contributed by atoms with Gasteiger partial charge in [-0.25, -0.2) is 0 Å². The van der Waals surface area contributed by atoms with Crippen LogP contribution in [0.15, 0.2) is 22.8 Å². The molecule has 2 N–H and O–H groups in total. The fraction of sp³-hybridized carbons (Fsp3) is 0.640. The van der Waals surface area contributed by atoms with Crippen LogP contribution < -0.4 is 10.6 Å². The molecule has 39 heavy (non-hydrogen) atoms. The summed E-state index contributed by atoms with van der Waals surface area (Å²) in [5, 5.41) is 4.31. The Morgan fingerprint density at radius 2 is 1.82 bits per heavy atom. The van der Waals surface area contributed by atoms with E-state index in [0.717, 1.165) is 12.8 Å². The summed E-state index contributed by atoms with van der Waals surface area (Å²) in [7, 11) is 0. The Morgan fingerprint density at radius 1 is 1.05 bits per heavy atom. The largest absolute Gasteiger partial charge is 0.461 e. The highest BCUT2D eigenvalue weighted by Gasteiger charge is 2.55. The minimum Gasteiger partial charge on any atom is -0.461 e. The van der Waals surface area contributed by atoms with Crippen LogP contribution in [0.3, 0.4) is 0 Å². The Kier molecular flexibility index (Phi) is 6.60. The van der Waals surface area contributed by atoms with E-state index in [1.165, 1.54) is 10.8 Å². The van der Waals surface area contributed by atoms with Crippen molar-refractivity contribution < 1.29 is 22.4 Å². The number of hydrogen-bond donors (Lipinski definition) is 1. The van der Waals surface area contributed by atoms with E-state index in [9.17, 15) is 18.0 Å². The van der Waals surface area contributed by atoms with Gasteiger partial charge in [-0.05, 0) is 37.8 Å². The van der Waals surface area contributed by atoms with Gasteiger partial charge >= 0.3 is 6.18 Å². The highest BCUT2D eigenvalue weighted by Crippen LogP contribution is 2.49. The summed E-state index contributed by atoms with van der Waals surface area (Å²) in [5.41, 5.74) is 4.53. The van der Waals surface area contributed by atoms with Gasteiger partial charge in [0.1, 0.15) is 6.04 Å². The molecule has 3 aromatic heterocycles. The molecular weight excluding hydrogens is 515 g/mol. The van der Waals surface area contributed by atoms with E-state index >= 15 is 0 Å². The fourth-order valence-electron chi connectivity index (χ4n) is 6.22. The third-order valence-corrected chi connectivity index (χ3v) is 8.38. The summed E-state index contributed by atoms with van der Waals surface area (Å²) in [4.78, 5) is 32.4. The van der Waals surface area contributed by atoms with Crippen LogP contribution >= 0.6 is 0 Å². The molecule has 0 radical (unpaired) electrons. The number of nitrogens with zero attached hydrogens (tertiary/aromatic N) is 8. The first-order chi connectivity index (χ1) is 18.7. The first kappa shape index (κ1) is 25.8. The Bertz CT molecular complexity index is 1310. The number of aromatic nitrogens is 5. The van der Waals surface area contributed by atoms with Crippen LogP contribution in [0.1, 0.15) is 44.9 Å². The summed E-state index contributed by atoms with van der Waals surface area (Å²) < 4.78 is 48.8. The maximum atomic E-state index is 14.0. The third kappa shape index (κ3) is 4.79. The maximum absolute atomic E-state index is 14.0. The Morgan fingerprint density at radius 3 is 2.51 bits per heavy atom. The van der Waals surface area contributed by atoms with Gasteiger partial charge < -0.3 is 20.0 Å². The van der Waals surface area contributed by atoms with Crippen molar-refractivity contribution in [3.05, 3.63) is 18.4 Å². The van der Waals surface area contributed by atoms with Crippen molar-refractivity contribution in [1.82, 2.24) is 34.4 Å². The Hall–Kier alpha value is -3.42. The molecule has 6 rings (SSSR count). The minimum atomic E-state index is -4.21. The molecule has 2 aliphatic heterocycles. The second-order valence-electron chi connectivity index (χ2n) is 10.8. The number of rotatable bonds is 5. The van der Waals surface area contributed by atoms with Gasteiger partial charge in [0.2, 0.25) is 23.6 Å². The van der Waals surface area contributed by atoms with Gasteiger partial charge in [0.15, 0.2) is 5.76 Å². The maximum Gasteiger partial charge on any atom is 0.395 e. The third-order valence-electron chi connectivity index (χ3n) is 8.38. The molecule has 1 aliphatic carbocycles. The van der Waals surface area contributed by atoms with Gasteiger partial charge in [-0.3, -0.25) is 9.69 Å².